The number of aromatic nitrogens is 1. The second kappa shape index (κ2) is 7.56. The lowest BCUT2D eigenvalue weighted by molar-refractivity contribution is 0.0806. The quantitative estimate of drug-likeness (QED) is 0.618. The highest BCUT2D eigenvalue weighted by atomic mass is 16.5. The maximum Gasteiger partial charge on any atom is 0.274 e. The van der Waals surface area contributed by atoms with Gasteiger partial charge in [-0.05, 0) is 81.1 Å². The van der Waals surface area contributed by atoms with Crippen molar-refractivity contribution in [2.75, 3.05) is 33.3 Å². The number of nitrogens with one attached hydrogen (secondary N) is 1. The number of H-pyrrole nitrogens is 1. The molecular weight excluding hydrogens is 438 g/mol. The second-order valence-corrected chi connectivity index (χ2v) is 10.7. The summed E-state index contributed by atoms with van der Waals surface area (Å²) in [6.45, 7) is 3.65. The number of piperidine rings is 2. The number of allylic oxidation sites excluding steroid dienone is 2. The molecule has 1 saturated carbocycles. The van der Waals surface area contributed by atoms with Gasteiger partial charge in [0.05, 0.1) is 6.61 Å². The molecule has 1 aromatic heterocycles. The van der Waals surface area contributed by atoms with E-state index in [2.05, 4.69) is 23.0 Å². The topological polar surface area (TPSA) is 65.6 Å². The summed E-state index contributed by atoms with van der Waals surface area (Å²) in [4.78, 5) is 33.9. The van der Waals surface area contributed by atoms with Crippen LogP contribution in [0.2, 0.25) is 0 Å². The molecule has 3 aromatic rings. The number of ether oxygens (including phenoxy) is 1. The number of aromatic amines is 1. The summed E-state index contributed by atoms with van der Waals surface area (Å²) in [7, 11) is 2.17. The van der Waals surface area contributed by atoms with Crippen LogP contribution in [0.25, 0.3) is 10.9 Å². The molecule has 4 aliphatic rings. The molecule has 1 amide bonds. The number of carbonyl (C=O) groups excluding carboxylic acids is 2. The number of benzene rings is 2. The summed E-state index contributed by atoms with van der Waals surface area (Å²) in [5, 5.41) is 0.965. The Hall–Kier alpha value is -3.38. The lowest BCUT2D eigenvalue weighted by Gasteiger charge is -2.29. The number of rotatable bonds is 4. The van der Waals surface area contributed by atoms with Crippen LogP contribution in [0.5, 0.6) is 5.75 Å². The van der Waals surface area contributed by atoms with Crippen molar-refractivity contribution < 1.29 is 14.3 Å². The summed E-state index contributed by atoms with van der Waals surface area (Å²) < 4.78 is 6.12. The van der Waals surface area contributed by atoms with E-state index >= 15 is 0 Å². The molecule has 1 N–H and O–H groups in total. The molecular formula is C29H29N3O3. The maximum absolute atomic E-state index is 13.6. The van der Waals surface area contributed by atoms with Crippen molar-refractivity contribution in [3.63, 3.8) is 0 Å². The van der Waals surface area contributed by atoms with Crippen LogP contribution in [0.15, 0.2) is 60.3 Å². The lowest BCUT2D eigenvalue weighted by Crippen LogP contribution is -2.33. The second-order valence-electron chi connectivity index (χ2n) is 10.7. The third-order valence-corrected chi connectivity index (χ3v) is 8.59. The average Bonchev–Trinajstić information content (AvgIpc) is 3.26. The first kappa shape index (κ1) is 20.9. The molecule has 2 atom stereocenters. The van der Waals surface area contributed by atoms with Crippen LogP contribution in [0, 0.1) is 11.8 Å². The molecule has 178 valence electrons. The molecule has 2 aliphatic heterocycles. The van der Waals surface area contributed by atoms with Gasteiger partial charge in [-0.15, -0.1) is 0 Å². The zero-order chi connectivity index (χ0) is 23.7. The standard InChI is InChI=1S/C29H29N3O3/c1-31-10-8-18(9-11-31)17-35-21-6-7-24-19(12-21)13-25(30-24)28(34)32-16-20-15-29(20)23-5-3-2-4-22(23)26(33)14-27(29)32/h2-7,12-14,18,20,30H,8-11,15-17H2,1H3/t20-,29-/m1/s1. The fourth-order valence-corrected chi connectivity index (χ4v) is 6.48. The number of amides is 1. The van der Waals surface area contributed by atoms with Crippen molar-refractivity contribution in [3.8, 4) is 5.75 Å². The van der Waals surface area contributed by atoms with Crippen molar-refractivity contribution in [2.24, 2.45) is 11.8 Å². The first-order chi connectivity index (χ1) is 17.0. The molecule has 3 heterocycles. The van der Waals surface area contributed by atoms with E-state index < -0.39 is 0 Å². The van der Waals surface area contributed by atoms with Gasteiger partial charge in [-0.1, -0.05) is 24.3 Å². The molecule has 2 aliphatic carbocycles. The Balaban J connectivity index is 1.12. The highest BCUT2D eigenvalue weighted by Gasteiger charge is 2.67. The van der Waals surface area contributed by atoms with Crippen LogP contribution in [0.4, 0.5) is 0 Å². The van der Waals surface area contributed by atoms with Gasteiger partial charge in [0, 0.05) is 40.2 Å². The molecule has 1 spiro atoms. The average molecular weight is 468 g/mol. The van der Waals surface area contributed by atoms with Crippen LogP contribution in [-0.2, 0) is 5.41 Å². The number of ketones is 1. The van der Waals surface area contributed by atoms with E-state index in [1.165, 1.54) is 12.8 Å². The fraction of sp³-hybridized carbons (Fsp3) is 0.379. The maximum atomic E-state index is 13.6. The largest absolute Gasteiger partial charge is 0.493 e. The molecule has 2 saturated heterocycles. The van der Waals surface area contributed by atoms with Crippen molar-refractivity contribution in [3.05, 3.63) is 77.1 Å². The Morgan fingerprint density at radius 3 is 2.83 bits per heavy atom. The van der Waals surface area contributed by atoms with E-state index in [0.717, 1.165) is 59.6 Å². The van der Waals surface area contributed by atoms with Gasteiger partial charge in [-0.25, -0.2) is 0 Å². The molecule has 6 nitrogen and oxygen atoms in total. The van der Waals surface area contributed by atoms with Gasteiger partial charge in [0.2, 0.25) is 0 Å². The summed E-state index contributed by atoms with van der Waals surface area (Å²) in [5.41, 5.74) is 4.05. The van der Waals surface area contributed by atoms with E-state index in [1.807, 2.05) is 47.4 Å². The minimum Gasteiger partial charge on any atom is -0.493 e. The number of nitrogens with zero attached hydrogens (tertiary/aromatic N) is 2. The van der Waals surface area contributed by atoms with Crippen LogP contribution in [0.1, 0.15) is 45.7 Å². The van der Waals surface area contributed by atoms with Gasteiger partial charge >= 0.3 is 0 Å². The van der Waals surface area contributed by atoms with Crippen molar-refractivity contribution in [2.45, 2.75) is 24.7 Å². The normalized spacial score (nSPS) is 25.7. The Morgan fingerprint density at radius 2 is 1.97 bits per heavy atom. The van der Waals surface area contributed by atoms with E-state index in [1.54, 1.807) is 6.08 Å². The lowest BCUT2D eigenvalue weighted by atomic mass is 9.81. The summed E-state index contributed by atoms with van der Waals surface area (Å²) in [5.74, 6) is 1.74. The smallest absolute Gasteiger partial charge is 0.274 e. The van der Waals surface area contributed by atoms with Crippen molar-refractivity contribution in [1.29, 1.82) is 0 Å². The third kappa shape index (κ3) is 3.19. The van der Waals surface area contributed by atoms with Crippen molar-refractivity contribution >= 4 is 22.6 Å². The molecule has 6 heteroatoms. The summed E-state index contributed by atoms with van der Waals surface area (Å²) >= 11 is 0. The molecule has 3 fully saturated rings. The molecule has 0 unspecified atom stereocenters. The SMILES string of the molecule is CN1CCC(COc2ccc3[nH]c(C(=O)N4C[C@H]5C[C@@]56C4=CC(=O)c4ccccc46)cc3c2)CC1. The van der Waals surface area contributed by atoms with Gasteiger partial charge in [0.25, 0.3) is 5.91 Å². The number of fused-ring (bicyclic) bond motifs is 2. The van der Waals surface area contributed by atoms with Gasteiger partial charge in [0.1, 0.15) is 11.4 Å². The first-order valence-electron chi connectivity index (χ1n) is 12.6. The highest BCUT2D eigenvalue weighted by Crippen LogP contribution is 2.66. The summed E-state index contributed by atoms with van der Waals surface area (Å²) in [6.07, 6.45) is 5.05. The van der Waals surface area contributed by atoms with Gasteiger partial charge in [-0.2, -0.15) is 0 Å². The first-order valence-corrected chi connectivity index (χ1v) is 12.6. The zero-order valence-electron chi connectivity index (χ0n) is 19.9. The van der Waals surface area contributed by atoms with Crippen molar-refractivity contribution in [1.82, 2.24) is 14.8 Å². The Labute approximate surface area is 204 Å². The van der Waals surface area contributed by atoms with Crippen LogP contribution in [0.3, 0.4) is 0 Å². The Kier molecular flexibility index (Phi) is 4.52. The minimum atomic E-state index is -0.166. The predicted molar refractivity (Wildman–Crippen MR) is 134 cm³/mol. The van der Waals surface area contributed by atoms with E-state index in [-0.39, 0.29) is 17.1 Å². The third-order valence-electron chi connectivity index (χ3n) is 8.59. The number of likely N-dealkylation sites (tertiary alicyclic amines) is 2. The minimum absolute atomic E-state index is 0.00498. The fourth-order valence-electron chi connectivity index (χ4n) is 6.48. The number of hydrogen-bond acceptors (Lipinski definition) is 4. The van der Waals surface area contributed by atoms with Crippen LogP contribution >= 0.6 is 0 Å². The molecule has 0 radical (unpaired) electrons. The Bertz CT molecular complexity index is 1400. The Morgan fingerprint density at radius 1 is 1.14 bits per heavy atom. The van der Waals surface area contributed by atoms with E-state index in [0.29, 0.717) is 24.1 Å². The molecule has 2 aromatic carbocycles. The molecule has 0 bridgehead atoms. The van der Waals surface area contributed by atoms with Crippen LogP contribution in [-0.4, -0.2) is 59.8 Å². The van der Waals surface area contributed by atoms with E-state index in [9.17, 15) is 9.59 Å². The summed E-state index contributed by atoms with van der Waals surface area (Å²) in [6, 6.07) is 15.8. The van der Waals surface area contributed by atoms with Gasteiger partial charge in [0.15, 0.2) is 5.78 Å². The van der Waals surface area contributed by atoms with E-state index in [4.69, 9.17) is 4.74 Å². The zero-order valence-corrected chi connectivity index (χ0v) is 19.9. The van der Waals surface area contributed by atoms with Crippen LogP contribution < -0.4 is 4.74 Å². The number of hydrogen-bond donors (Lipinski definition) is 1. The monoisotopic (exact) mass is 467 g/mol. The van der Waals surface area contributed by atoms with Gasteiger partial charge in [-0.3, -0.25) is 9.59 Å². The number of carbonyl (C=O) groups is 2. The van der Waals surface area contributed by atoms with Gasteiger partial charge < -0.3 is 19.5 Å². The highest BCUT2D eigenvalue weighted by molar-refractivity contribution is 6.10. The molecule has 35 heavy (non-hydrogen) atoms. The predicted octanol–water partition coefficient (Wildman–Crippen LogP) is 4.38. The molecule has 7 rings (SSSR count).